The van der Waals surface area contributed by atoms with Gasteiger partial charge in [0.25, 0.3) is 0 Å². The van der Waals surface area contributed by atoms with E-state index in [4.69, 9.17) is 15.3 Å². The molecule has 1 aromatic carbocycles. The zero-order valence-corrected chi connectivity index (χ0v) is 13.3. The fourth-order valence-corrected chi connectivity index (χ4v) is 0.951. The average molecular weight is 308 g/mol. The number of carboxylic acids is 2. The molecule has 0 saturated carbocycles. The molecule has 0 fully saturated rings. The van der Waals surface area contributed by atoms with Gasteiger partial charge in [-0.3, -0.25) is 0 Å². The van der Waals surface area contributed by atoms with E-state index in [1.54, 1.807) is 12.1 Å². The average Bonchev–Trinajstić information content (AvgIpc) is 2.43. The number of phenolic OH excluding ortho intramolecular Hbond substituents is 1. The van der Waals surface area contributed by atoms with E-state index in [9.17, 15) is 9.59 Å². The summed E-state index contributed by atoms with van der Waals surface area (Å²) in [4.78, 5) is 19.2. The molecule has 0 heterocycles. The maximum Gasteiger partial charge on any atom is 0.330 e. The lowest BCUT2D eigenvalue weighted by Crippen LogP contribution is -1.92. The van der Waals surface area contributed by atoms with Crippen molar-refractivity contribution in [3.8, 4) is 5.75 Å². The van der Waals surface area contributed by atoms with Crippen LogP contribution in [0.15, 0.2) is 48.6 Å². The van der Waals surface area contributed by atoms with Crippen molar-refractivity contribution in [2.45, 2.75) is 33.6 Å². The van der Waals surface area contributed by atoms with Crippen LogP contribution in [0.1, 0.15) is 32.8 Å². The van der Waals surface area contributed by atoms with Gasteiger partial charge in [0.05, 0.1) is 0 Å². The first-order valence-electron chi connectivity index (χ1n) is 6.67. The Morgan fingerprint density at radius 2 is 1.27 bits per heavy atom. The van der Waals surface area contributed by atoms with Gasteiger partial charge in [-0.1, -0.05) is 38.6 Å². The van der Waals surface area contributed by atoms with Crippen LogP contribution in [-0.2, 0) is 16.0 Å². The van der Waals surface area contributed by atoms with Crippen molar-refractivity contribution in [3.63, 3.8) is 0 Å². The summed E-state index contributed by atoms with van der Waals surface area (Å²) in [5, 5.41) is 24.7. The minimum absolute atomic E-state index is 0.176. The van der Waals surface area contributed by atoms with Crippen LogP contribution in [0.5, 0.6) is 5.75 Å². The minimum Gasteiger partial charge on any atom is -0.508 e. The van der Waals surface area contributed by atoms with Crippen LogP contribution in [0, 0.1) is 0 Å². The number of carbonyl (C=O) groups is 2. The summed E-state index contributed by atoms with van der Waals surface area (Å²) in [5.74, 6) is -1.52. The van der Waals surface area contributed by atoms with Gasteiger partial charge in [0.1, 0.15) is 5.75 Å². The Labute approximate surface area is 131 Å². The van der Waals surface area contributed by atoms with Gasteiger partial charge in [-0.2, -0.15) is 0 Å². The van der Waals surface area contributed by atoms with Gasteiger partial charge >= 0.3 is 11.9 Å². The first-order chi connectivity index (χ1) is 10.1. The van der Waals surface area contributed by atoms with Gasteiger partial charge in [-0.05, 0) is 38.0 Å². The summed E-state index contributed by atoms with van der Waals surface area (Å²) in [6.07, 6.45) is 2.26. The van der Waals surface area contributed by atoms with E-state index < -0.39 is 11.9 Å². The molecule has 0 saturated heterocycles. The molecule has 0 aliphatic heterocycles. The van der Waals surface area contributed by atoms with E-state index in [-0.39, 0.29) is 11.1 Å². The number of carboxylic acid groups (broad SMARTS) is 2. The van der Waals surface area contributed by atoms with Gasteiger partial charge in [0.2, 0.25) is 0 Å². The molecule has 0 amide bonds. The van der Waals surface area contributed by atoms with Crippen molar-refractivity contribution < 1.29 is 24.9 Å². The molecule has 5 heteroatoms. The number of rotatable bonds is 4. The third kappa shape index (κ3) is 13.9. The van der Waals surface area contributed by atoms with Gasteiger partial charge < -0.3 is 15.3 Å². The van der Waals surface area contributed by atoms with Crippen LogP contribution < -0.4 is 0 Å². The van der Waals surface area contributed by atoms with Crippen molar-refractivity contribution in [1.29, 1.82) is 0 Å². The Balaban J connectivity index is 0. The molecule has 122 valence electrons. The molecule has 0 atom stereocenters. The number of aliphatic carboxylic acids is 2. The third-order valence-electron chi connectivity index (χ3n) is 2.21. The number of benzene rings is 1. The van der Waals surface area contributed by atoms with Crippen LogP contribution in [0.4, 0.5) is 0 Å². The second-order valence-electron chi connectivity index (χ2n) is 4.59. The molecule has 0 unspecified atom stereocenters. The molecule has 0 bridgehead atoms. The molecular weight excluding hydrogens is 284 g/mol. The highest BCUT2D eigenvalue weighted by molar-refractivity contribution is 5.85. The standard InChI is InChI=1S/C9H12O.2C4H6O2/c1-2-3-8-4-6-9(10)7-5-8;2*1-3(2)4(5)6/h4-7,10H,2-3H2,1H3;2*1H2,2H3,(H,5,6). The zero-order chi connectivity index (χ0) is 17.7. The van der Waals surface area contributed by atoms with E-state index >= 15 is 0 Å². The third-order valence-corrected chi connectivity index (χ3v) is 2.21. The fraction of sp³-hybridized carbons (Fsp3) is 0.294. The van der Waals surface area contributed by atoms with Gasteiger partial charge in [-0.15, -0.1) is 0 Å². The Morgan fingerprint density at radius 3 is 1.50 bits per heavy atom. The highest BCUT2D eigenvalue weighted by Crippen LogP contribution is 2.10. The molecule has 0 radical (unpaired) electrons. The fourth-order valence-electron chi connectivity index (χ4n) is 0.951. The Morgan fingerprint density at radius 1 is 0.955 bits per heavy atom. The molecule has 1 aromatic rings. The molecule has 0 aliphatic rings. The molecular formula is C17H24O5. The van der Waals surface area contributed by atoms with Crippen molar-refractivity contribution in [2.24, 2.45) is 0 Å². The van der Waals surface area contributed by atoms with E-state index in [1.807, 2.05) is 12.1 Å². The Hall–Kier alpha value is -2.56. The molecule has 0 spiro atoms. The van der Waals surface area contributed by atoms with Gasteiger partial charge in [-0.25, -0.2) is 9.59 Å². The monoisotopic (exact) mass is 308 g/mol. The lowest BCUT2D eigenvalue weighted by molar-refractivity contribution is -0.133. The maximum atomic E-state index is 9.60. The normalized spacial score (nSPS) is 8.50. The van der Waals surface area contributed by atoms with Crippen molar-refractivity contribution in [3.05, 3.63) is 54.1 Å². The van der Waals surface area contributed by atoms with Crippen molar-refractivity contribution in [1.82, 2.24) is 0 Å². The van der Waals surface area contributed by atoms with E-state index in [0.717, 1.165) is 12.8 Å². The lowest BCUT2D eigenvalue weighted by Gasteiger charge is -1.96. The molecule has 5 nitrogen and oxygen atoms in total. The predicted molar refractivity (Wildman–Crippen MR) is 87.0 cm³/mol. The lowest BCUT2D eigenvalue weighted by atomic mass is 10.1. The summed E-state index contributed by atoms with van der Waals surface area (Å²) >= 11 is 0. The molecule has 22 heavy (non-hydrogen) atoms. The Bertz CT molecular complexity index is 452. The summed E-state index contributed by atoms with van der Waals surface area (Å²) < 4.78 is 0. The first kappa shape index (κ1) is 21.7. The summed E-state index contributed by atoms with van der Waals surface area (Å²) in [6.45, 7) is 11.3. The largest absolute Gasteiger partial charge is 0.508 e. The van der Waals surface area contributed by atoms with Gasteiger partial charge in [0, 0.05) is 11.1 Å². The van der Waals surface area contributed by atoms with E-state index in [2.05, 4.69) is 20.1 Å². The van der Waals surface area contributed by atoms with Crippen LogP contribution in [0.2, 0.25) is 0 Å². The first-order valence-corrected chi connectivity index (χ1v) is 6.67. The maximum absolute atomic E-state index is 9.60. The molecule has 0 aromatic heterocycles. The predicted octanol–water partition coefficient (Wildman–Crippen LogP) is 3.64. The van der Waals surface area contributed by atoms with Gasteiger partial charge in [0.15, 0.2) is 0 Å². The van der Waals surface area contributed by atoms with E-state index in [0.29, 0.717) is 5.75 Å². The number of hydrogen-bond acceptors (Lipinski definition) is 3. The minimum atomic E-state index is -0.935. The Kier molecular flexibility index (Phi) is 12.1. The summed E-state index contributed by atoms with van der Waals surface area (Å²) in [6, 6.07) is 7.37. The topological polar surface area (TPSA) is 94.8 Å². The SMILES string of the molecule is C=C(C)C(=O)O.C=C(C)C(=O)O.CCCc1ccc(O)cc1. The second-order valence-corrected chi connectivity index (χ2v) is 4.59. The van der Waals surface area contributed by atoms with Crippen LogP contribution in [0.3, 0.4) is 0 Å². The zero-order valence-electron chi connectivity index (χ0n) is 13.3. The quantitative estimate of drug-likeness (QED) is 0.738. The smallest absolute Gasteiger partial charge is 0.330 e. The second kappa shape index (κ2) is 12.2. The van der Waals surface area contributed by atoms with E-state index in [1.165, 1.54) is 19.4 Å². The highest BCUT2D eigenvalue weighted by Gasteiger charge is 1.91. The number of aryl methyl sites for hydroxylation is 1. The highest BCUT2D eigenvalue weighted by atomic mass is 16.4. The van der Waals surface area contributed by atoms with Crippen LogP contribution in [-0.4, -0.2) is 27.3 Å². The van der Waals surface area contributed by atoms with Crippen LogP contribution >= 0.6 is 0 Å². The van der Waals surface area contributed by atoms with Crippen molar-refractivity contribution in [2.75, 3.05) is 0 Å². The van der Waals surface area contributed by atoms with Crippen molar-refractivity contribution >= 4 is 11.9 Å². The van der Waals surface area contributed by atoms with Crippen LogP contribution in [0.25, 0.3) is 0 Å². The summed E-state index contributed by atoms with van der Waals surface area (Å²) in [7, 11) is 0. The molecule has 3 N–H and O–H groups in total. The number of aromatic hydroxyl groups is 1. The number of hydrogen-bond donors (Lipinski definition) is 3. The molecule has 0 aliphatic carbocycles. The summed E-state index contributed by atoms with van der Waals surface area (Å²) in [5.41, 5.74) is 1.64. The molecule has 1 rings (SSSR count). The number of phenols is 1.